The molecule has 2 atom stereocenters. The van der Waals surface area contributed by atoms with Crippen LogP contribution in [0.2, 0.25) is 0 Å². The van der Waals surface area contributed by atoms with Gasteiger partial charge in [0.2, 0.25) is 0 Å². The highest BCUT2D eigenvalue weighted by atomic mass is 16.6. The van der Waals surface area contributed by atoms with Gasteiger partial charge in [-0.1, -0.05) is 0 Å². The molecule has 0 fully saturated rings. The Morgan fingerprint density at radius 3 is 2.71 bits per heavy atom. The molecule has 0 unspecified atom stereocenters. The molecule has 0 amide bonds. The van der Waals surface area contributed by atoms with Crippen molar-refractivity contribution in [3.8, 4) is 0 Å². The molecule has 6 nitrogen and oxygen atoms in total. The summed E-state index contributed by atoms with van der Waals surface area (Å²) in [6, 6.07) is 4.68. The van der Waals surface area contributed by atoms with Gasteiger partial charge in [-0.25, -0.2) is 9.78 Å². The molecule has 0 bridgehead atoms. The smallest absolute Gasteiger partial charge is 0.331 e. The van der Waals surface area contributed by atoms with E-state index < -0.39 is 23.7 Å². The van der Waals surface area contributed by atoms with Crippen molar-refractivity contribution >= 4 is 22.8 Å². The van der Waals surface area contributed by atoms with Gasteiger partial charge in [0.05, 0.1) is 6.10 Å². The van der Waals surface area contributed by atoms with Crippen molar-refractivity contribution in [2.24, 2.45) is 0 Å². The number of aliphatic hydroxyl groups excluding tert-OH is 1. The summed E-state index contributed by atoms with van der Waals surface area (Å²) in [6.45, 7) is 6.89. The average molecular weight is 291 g/mol. The number of carbonyl (C=O) groups is 1. The molecule has 0 radical (unpaired) electrons. The summed E-state index contributed by atoms with van der Waals surface area (Å²) in [7, 11) is 0. The summed E-state index contributed by atoms with van der Waals surface area (Å²) in [6.07, 6.45) is 0.891. The van der Waals surface area contributed by atoms with Gasteiger partial charge >= 0.3 is 5.97 Å². The summed E-state index contributed by atoms with van der Waals surface area (Å²) >= 11 is 0. The maximum atomic E-state index is 12.1. The van der Waals surface area contributed by atoms with Crippen LogP contribution < -0.4 is 5.32 Å². The van der Waals surface area contributed by atoms with Crippen molar-refractivity contribution in [1.82, 2.24) is 9.97 Å². The minimum atomic E-state index is -0.902. The molecule has 2 aromatic heterocycles. The number of nitrogens with one attached hydrogen (secondary N) is 2. The van der Waals surface area contributed by atoms with E-state index in [-0.39, 0.29) is 0 Å². The second-order valence-corrected chi connectivity index (χ2v) is 6.01. The lowest BCUT2D eigenvalue weighted by molar-refractivity contribution is -0.158. The number of hydrogen-bond donors (Lipinski definition) is 3. The lowest BCUT2D eigenvalue weighted by Crippen LogP contribution is -2.43. The van der Waals surface area contributed by atoms with Crippen molar-refractivity contribution in [2.45, 2.75) is 45.4 Å². The predicted octanol–water partition coefficient (Wildman–Crippen LogP) is 2.07. The largest absolute Gasteiger partial charge is 0.458 e. The fourth-order valence-electron chi connectivity index (χ4n) is 1.91. The highest BCUT2D eigenvalue weighted by Gasteiger charge is 2.29. The summed E-state index contributed by atoms with van der Waals surface area (Å²) in [5, 5.41) is 13.7. The number of pyridine rings is 1. The van der Waals surface area contributed by atoms with Crippen molar-refractivity contribution < 1.29 is 14.6 Å². The number of anilines is 1. The lowest BCUT2D eigenvalue weighted by Gasteiger charge is -2.26. The van der Waals surface area contributed by atoms with Gasteiger partial charge in [0, 0.05) is 11.6 Å². The van der Waals surface area contributed by atoms with E-state index >= 15 is 0 Å². The quantitative estimate of drug-likeness (QED) is 0.751. The van der Waals surface area contributed by atoms with Crippen LogP contribution in [0.25, 0.3) is 11.0 Å². The average Bonchev–Trinajstić information content (AvgIpc) is 2.80. The first kappa shape index (κ1) is 15.3. The van der Waals surface area contributed by atoms with Crippen LogP contribution in [0.15, 0.2) is 24.4 Å². The van der Waals surface area contributed by atoms with Gasteiger partial charge in [-0.3, -0.25) is 0 Å². The molecule has 2 rings (SSSR count). The Balaban J connectivity index is 2.17. The van der Waals surface area contributed by atoms with Crippen molar-refractivity contribution in [1.29, 1.82) is 0 Å². The molecule has 2 heterocycles. The van der Waals surface area contributed by atoms with E-state index in [1.807, 2.05) is 12.1 Å². The van der Waals surface area contributed by atoms with Crippen LogP contribution in [0.3, 0.4) is 0 Å². The molecule has 114 valence electrons. The van der Waals surface area contributed by atoms with Crippen LogP contribution >= 0.6 is 0 Å². The molecular weight excluding hydrogens is 270 g/mol. The molecule has 2 aromatic rings. The Bertz CT molecular complexity index is 628. The Morgan fingerprint density at radius 2 is 2.10 bits per heavy atom. The normalized spacial score (nSPS) is 14.7. The van der Waals surface area contributed by atoms with E-state index in [0.717, 1.165) is 5.39 Å². The van der Waals surface area contributed by atoms with E-state index in [2.05, 4.69) is 15.3 Å². The zero-order chi connectivity index (χ0) is 15.6. The molecular formula is C15H21N3O3. The van der Waals surface area contributed by atoms with E-state index in [9.17, 15) is 9.90 Å². The monoisotopic (exact) mass is 291 g/mol. The molecule has 21 heavy (non-hydrogen) atoms. The van der Waals surface area contributed by atoms with Crippen LogP contribution in [-0.4, -0.2) is 38.8 Å². The van der Waals surface area contributed by atoms with Crippen LogP contribution in [0.1, 0.15) is 27.7 Å². The summed E-state index contributed by atoms with van der Waals surface area (Å²) < 4.78 is 5.31. The number of rotatable bonds is 4. The van der Waals surface area contributed by atoms with Gasteiger partial charge in [-0.15, -0.1) is 0 Å². The van der Waals surface area contributed by atoms with Gasteiger partial charge in [0.15, 0.2) is 6.04 Å². The third-order valence-corrected chi connectivity index (χ3v) is 2.86. The van der Waals surface area contributed by atoms with E-state index in [0.29, 0.717) is 11.5 Å². The summed E-state index contributed by atoms with van der Waals surface area (Å²) in [4.78, 5) is 19.5. The molecule has 0 aliphatic carbocycles. The predicted molar refractivity (Wildman–Crippen MR) is 81.0 cm³/mol. The number of aromatic nitrogens is 2. The highest BCUT2D eigenvalue weighted by Crippen LogP contribution is 2.16. The van der Waals surface area contributed by atoms with E-state index in [1.54, 1.807) is 33.0 Å². The molecule has 0 aliphatic rings. The molecule has 0 aliphatic heterocycles. The van der Waals surface area contributed by atoms with E-state index in [1.165, 1.54) is 6.92 Å². The van der Waals surface area contributed by atoms with E-state index in [4.69, 9.17) is 4.74 Å². The summed E-state index contributed by atoms with van der Waals surface area (Å²) in [5.41, 5.74) is 0.108. The minimum absolute atomic E-state index is 0.502. The Kier molecular flexibility index (Phi) is 4.18. The van der Waals surface area contributed by atoms with Gasteiger partial charge < -0.3 is 20.1 Å². The second-order valence-electron chi connectivity index (χ2n) is 6.01. The highest BCUT2D eigenvalue weighted by molar-refractivity contribution is 5.81. The zero-order valence-corrected chi connectivity index (χ0v) is 12.7. The number of H-pyrrole nitrogens is 1. The first-order valence-corrected chi connectivity index (χ1v) is 6.88. The molecule has 0 saturated carbocycles. The molecule has 0 spiro atoms. The number of hydrogen-bond acceptors (Lipinski definition) is 5. The molecule has 0 saturated heterocycles. The number of nitrogens with zero attached hydrogens (tertiary/aromatic N) is 1. The Hall–Kier alpha value is -2.08. The number of fused-ring (bicyclic) bond motifs is 1. The SMILES string of the molecule is C[C@@H](O)[C@H](Nc1ccc2cc[nH]c2n1)C(=O)OC(C)(C)C. The van der Waals surface area contributed by atoms with Crippen LogP contribution in [0, 0.1) is 0 Å². The Labute approximate surface area is 123 Å². The molecule has 3 N–H and O–H groups in total. The maximum absolute atomic E-state index is 12.1. The van der Waals surface area contributed by atoms with Gasteiger partial charge in [-0.2, -0.15) is 0 Å². The molecule has 6 heteroatoms. The second kappa shape index (κ2) is 5.73. The van der Waals surface area contributed by atoms with Crippen LogP contribution in [0.5, 0.6) is 0 Å². The number of aromatic amines is 1. The third-order valence-electron chi connectivity index (χ3n) is 2.86. The standard InChI is InChI=1S/C15H21N3O3/c1-9(19)12(14(20)21-15(2,3)4)17-11-6-5-10-7-8-16-13(10)18-11/h5-9,12,19H,1-4H3,(H2,16,17,18)/t9-,12+/m1/s1. The fourth-order valence-corrected chi connectivity index (χ4v) is 1.91. The van der Waals surface area contributed by atoms with Crippen molar-refractivity contribution in [3.63, 3.8) is 0 Å². The number of carbonyl (C=O) groups excluding carboxylic acids is 1. The van der Waals surface area contributed by atoms with Crippen molar-refractivity contribution in [3.05, 3.63) is 24.4 Å². The van der Waals surface area contributed by atoms with Gasteiger partial charge in [0.25, 0.3) is 0 Å². The molecule has 0 aromatic carbocycles. The van der Waals surface area contributed by atoms with Crippen LogP contribution in [0.4, 0.5) is 5.82 Å². The van der Waals surface area contributed by atoms with Gasteiger partial charge in [0.1, 0.15) is 17.1 Å². The fraction of sp³-hybridized carbons (Fsp3) is 0.467. The third kappa shape index (κ3) is 3.95. The lowest BCUT2D eigenvalue weighted by atomic mass is 10.1. The van der Waals surface area contributed by atoms with Gasteiger partial charge in [-0.05, 0) is 45.9 Å². The Morgan fingerprint density at radius 1 is 1.38 bits per heavy atom. The first-order chi connectivity index (χ1) is 9.76. The maximum Gasteiger partial charge on any atom is 0.331 e. The number of aliphatic hydroxyl groups is 1. The van der Waals surface area contributed by atoms with Crippen molar-refractivity contribution in [2.75, 3.05) is 5.32 Å². The number of esters is 1. The first-order valence-electron chi connectivity index (χ1n) is 6.88. The zero-order valence-electron chi connectivity index (χ0n) is 12.7. The topological polar surface area (TPSA) is 87.2 Å². The van der Waals surface area contributed by atoms with Crippen LogP contribution in [-0.2, 0) is 9.53 Å². The summed E-state index contributed by atoms with van der Waals surface area (Å²) in [5.74, 6) is -0.00686. The number of ether oxygens (including phenoxy) is 1. The minimum Gasteiger partial charge on any atom is -0.458 e.